The first kappa shape index (κ1) is 14.8. The van der Waals surface area contributed by atoms with Gasteiger partial charge in [-0.3, -0.25) is 4.79 Å². The predicted molar refractivity (Wildman–Crippen MR) is 76.0 cm³/mol. The fourth-order valence-corrected chi connectivity index (χ4v) is 1.82. The summed E-state index contributed by atoms with van der Waals surface area (Å²) in [4.78, 5) is 11.3. The van der Waals surface area contributed by atoms with Crippen LogP contribution in [-0.4, -0.2) is 18.0 Å². The van der Waals surface area contributed by atoms with Crippen LogP contribution in [0.3, 0.4) is 0 Å². The summed E-state index contributed by atoms with van der Waals surface area (Å²) in [6, 6.07) is 5.02. The molecule has 0 aliphatic heterocycles. The fraction of sp³-hybridized carbons (Fsp3) is 0.462. The Labute approximate surface area is 113 Å². The Balaban J connectivity index is 2.88. The lowest BCUT2D eigenvalue weighted by Crippen LogP contribution is -2.45. The van der Waals surface area contributed by atoms with Crippen LogP contribution in [0, 0.1) is 0 Å². The summed E-state index contributed by atoms with van der Waals surface area (Å²) < 4.78 is 0. The van der Waals surface area contributed by atoms with E-state index in [4.69, 9.17) is 23.1 Å². The van der Waals surface area contributed by atoms with Crippen molar-refractivity contribution < 1.29 is 4.79 Å². The number of halogens is 1. The van der Waals surface area contributed by atoms with Gasteiger partial charge in [0.15, 0.2) is 0 Å². The second kappa shape index (κ2) is 6.07. The Morgan fingerprint density at radius 1 is 1.39 bits per heavy atom. The minimum atomic E-state index is -0.504. The third-order valence-electron chi connectivity index (χ3n) is 3.29. The first-order valence-corrected chi connectivity index (χ1v) is 6.41. The third-order valence-corrected chi connectivity index (χ3v) is 3.52. The van der Waals surface area contributed by atoms with Crippen molar-refractivity contribution in [2.75, 3.05) is 11.9 Å². The third kappa shape index (κ3) is 3.62. The van der Waals surface area contributed by atoms with E-state index in [0.717, 1.165) is 12.8 Å². The maximum atomic E-state index is 11.3. The lowest BCUT2D eigenvalue weighted by molar-refractivity contribution is 0.100. The Morgan fingerprint density at radius 2 is 2.00 bits per heavy atom. The van der Waals surface area contributed by atoms with Gasteiger partial charge < -0.3 is 16.8 Å². The molecule has 0 aliphatic carbocycles. The SMILES string of the molecule is CCC(N)(CC)CNc1ccc(Cl)cc1C(N)=O. The number of primary amides is 1. The van der Waals surface area contributed by atoms with Crippen LogP contribution in [0.4, 0.5) is 5.69 Å². The summed E-state index contributed by atoms with van der Waals surface area (Å²) in [6.07, 6.45) is 1.71. The van der Waals surface area contributed by atoms with Crippen molar-refractivity contribution in [2.24, 2.45) is 11.5 Å². The van der Waals surface area contributed by atoms with Crippen LogP contribution in [0.2, 0.25) is 5.02 Å². The lowest BCUT2D eigenvalue weighted by Gasteiger charge is -2.27. The minimum absolute atomic E-state index is 0.283. The van der Waals surface area contributed by atoms with Crippen molar-refractivity contribution in [1.82, 2.24) is 0 Å². The van der Waals surface area contributed by atoms with Crippen molar-refractivity contribution in [3.05, 3.63) is 28.8 Å². The highest BCUT2D eigenvalue weighted by molar-refractivity contribution is 6.31. The van der Waals surface area contributed by atoms with Gasteiger partial charge in [0.1, 0.15) is 0 Å². The van der Waals surface area contributed by atoms with E-state index >= 15 is 0 Å². The zero-order chi connectivity index (χ0) is 13.8. The van der Waals surface area contributed by atoms with Crippen molar-refractivity contribution >= 4 is 23.2 Å². The molecule has 1 amide bonds. The molecular formula is C13H20ClN3O. The summed E-state index contributed by atoms with van der Waals surface area (Å²) >= 11 is 5.85. The van der Waals surface area contributed by atoms with Gasteiger partial charge in [0, 0.05) is 22.8 Å². The average Bonchev–Trinajstić information content (AvgIpc) is 2.36. The van der Waals surface area contributed by atoms with E-state index in [9.17, 15) is 4.79 Å². The van der Waals surface area contributed by atoms with E-state index in [-0.39, 0.29) is 5.54 Å². The number of benzene rings is 1. The van der Waals surface area contributed by atoms with Crippen molar-refractivity contribution in [1.29, 1.82) is 0 Å². The Hall–Kier alpha value is -1.26. The molecular weight excluding hydrogens is 250 g/mol. The molecule has 5 heteroatoms. The largest absolute Gasteiger partial charge is 0.383 e. The van der Waals surface area contributed by atoms with Crippen molar-refractivity contribution in [2.45, 2.75) is 32.2 Å². The number of hydrogen-bond acceptors (Lipinski definition) is 3. The summed E-state index contributed by atoms with van der Waals surface area (Å²) in [6.45, 7) is 4.67. The van der Waals surface area contributed by atoms with Gasteiger partial charge in [0.05, 0.1) is 5.56 Å². The molecule has 0 saturated carbocycles. The molecule has 1 aromatic carbocycles. The van der Waals surface area contributed by atoms with Crippen LogP contribution in [0.5, 0.6) is 0 Å². The number of hydrogen-bond donors (Lipinski definition) is 3. The van der Waals surface area contributed by atoms with Gasteiger partial charge in [-0.15, -0.1) is 0 Å². The van der Waals surface area contributed by atoms with Crippen molar-refractivity contribution in [3.63, 3.8) is 0 Å². The molecule has 0 fully saturated rings. The van der Waals surface area contributed by atoms with Gasteiger partial charge in [-0.1, -0.05) is 25.4 Å². The molecule has 1 aromatic rings. The van der Waals surface area contributed by atoms with Crippen LogP contribution in [0.15, 0.2) is 18.2 Å². The highest BCUT2D eigenvalue weighted by Crippen LogP contribution is 2.21. The van der Waals surface area contributed by atoms with Gasteiger partial charge in [0.25, 0.3) is 5.91 Å². The highest BCUT2D eigenvalue weighted by Gasteiger charge is 2.20. The quantitative estimate of drug-likeness (QED) is 0.742. The Morgan fingerprint density at radius 3 is 2.50 bits per heavy atom. The maximum Gasteiger partial charge on any atom is 0.250 e. The van der Waals surface area contributed by atoms with Gasteiger partial charge in [-0.25, -0.2) is 0 Å². The number of nitrogens with two attached hydrogens (primary N) is 2. The highest BCUT2D eigenvalue weighted by atomic mass is 35.5. The van der Waals surface area contributed by atoms with E-state index in [0.29, 0.717) is 22.8 Å². The lowest BCUT2D eigenvalue weighted by atomic mass is 9.94. The van der Waals surface area contributed by atoms with Gasteiger partial charge in [0.2, 0.25) is 0 Å². The average molecular weight is 270 g/mol. The van der Waals surface area contributed by atoms with Crippen LogP contribution in [-0.2, 0) is 0 Å². The first-order valence-electron chi connectivity index (χ1n) is 6.04. The summed E-state index contributed by atoms with van der Waals surface area (Å²) in [7, 11) is 0. The number of carbonyl (C=O) groups is 1. The molecule has 4 nitrogen and oxygen atoms in total. The van der Waals surface area contributed by atoms with Crippen molar-refractivity contribution in [3.8, 4) is 0 Å². The zero-order valence-electron chi connectivity index (χ0n) is 10.8. The standard InChI is InChI=1S/C13H20ClN3O/c1-3-13(16,4-2)8-17-11-6-5-9(14)7-10(11)12(15)18/h5-7,17H,3-4,8,16H2,1-2H3,(H2,15,18). The summed E-state index contributed by atoms with van der Waals surface area (Å²) in [5.41, 5.74) is 12.3. The van der Waals surface area contributed by atoms with Crippen LogP contribution in [0.1, 0.15) is 37.0 Å². The molecule has 0 saturated heterocycles. The monoisotopic (exact) mass is 269 g/mol. The van der Waals surface area contributed by atoms with E-state index < -0.39 is 5.91 Å². The molecule has 0 unspecified atom stereocenters. The maximum absolute atomic E-state index is 11.3. The molecule has 0 radical (unpaired) electrons. The van der Waals surface area contributed by atoms with Gasteiger partial charge in [-0.2, -0.15) is 0 Å². The number of anilines is 1. The van der Waals surface area contributed by atoms with E-state index in [1.807, 2.05) is 13.8 Å². The van der Waals surface area contributed by atoms with Crippen LogP contribution in [0.25, 0.3) is 0 Å². The van der Waals surface area contributed by atoms with E-state index in [2.05, 4.69) is 5.32 Å². The number of nitrogens with one attached hydrogen (secondary N) is 1. The topological polar surface area (TPSA) is 81.1 Å². The van der Waals surface area contributed by atoms with Gasteiger partial charge >= 0.3 is 0 Å². The molecule has 5 N–H and O–H groups in total. The molecule has 0 aliphatic rings. The number of amides is 1. The van der Waals surface area contributed by atoms with E-state index in [1.54, 1.807) is 18.2 Å². The molecule has 0 spiro atoms. The molecule has 1 rings (SSSR count). The normalized spacial score (nSPS) is 11.3. The molecule has 0 heterocycles. The fourth-order valence-electron chi connectivity index (χ4n) is 1.65. The number of carbonyl (C=O) groups excluding carboxylic acids is 1. The summed E-state index contributed by atoms with van der Waals surface area (Å²) in [5.74, 6) is -0.504. The minimum Gasteiger partial charge on any atom is -0.383 e. The smallest absolute Gasteiger partial charge is 0.250 e. The molecule has 0 atom stereocenters. The molecule has 0 bridgehead atoms. The Kier molecular flexibility index (Phi) is 4.99. The van der Waals surface area contributed by atoms with Crippen LogP contribution < -0.4 is 16.8 Å². The molecule has 0 aromatic heterocycles. The first-order chi connectivity index (χ1) is 8.41. The summed E-state index contributed by atoms with van der Waals surface area (Å²) in [5, 5.41) is 3.67. The van der Waals surface area contributed by atoms with Gasteiger partial charge in [-0.05, 0) is 31.0 Å². The van der Waals surface area contributed by atoms with E-state index in [1.165, 1.54) is 0 Å². The predicted octanol–water partition coefficient (Wildman–Crippen LogP) is 2.37. The zero-order valence-corrected chi connectivity index (χ0v) is 11.6. The number of rotatable bonds is 6. The Bertz CT molecular complexity index is 430. The molecule has 18 heavy (non-hydrogen) atoms. The van der Waals surface area contributed by atoms with Crippen LogP contribution >= 0.6 is 11.6 Å². The molecule has 100 valence electrons. The second-order valence-electron chi connectivity index (χ2n) is 4.48. The second-order valence-corrected chi connectivity index (χ2v) is 4.91.